The highest BCUT2D eigenvalue weighted by atomic mass is 16.5. The molecule has 5 heteroatoms. The van der Waals surface area contributed by atoms with Gasteiger partial charge in [-0.05, 0) is 0 Å². The standard InChI is InChI=1S/C10H8N2O3/c1-15-10(14)7-3-11-4-8-9(7)6(5-13)2-12-8/h2-5,12H,1H3. The molecule has 0 unspecified atom stereocenters. The number of nitrogens with one attached hydrogen (secondary N) is 1. The number of esters is 1. The lowest BCUT2D eigenvalue weighted by atomic mass is 10.1. The van der Waals surface area contributed by atoms with Crippen molar-refractivity contribution in [3.8, 4) is 0 Å². The van der Waals surface area contributed by atoms with Crippen LogP contribution >= 0.6 is 0 Å². The summed E-state index contributed by atoms with van der Waals surface area (Å²) >= 11 is 0. The number of aromatic nitrogens is 2. The van der Waals surface area contributed by atoms with Crippen LogP contribution in [0.4, 0.5) is 0 Å². The van der Waals surface area contributed by atoms with E-state index in [1.807, 2.05) is 0 Å². The van der Waals surface area contributed by atoms with Gasteiger partial charge in [0.1, 0.15) is 0 Å². The first-order valence-corrected chi connectivity index (χ1v) is 4.26. The first kappa shape index (κ1) is 9.39. The van der Waals surface area contributed by atoms with Crippen LogP contribution in [0.1, 0.15) is 20.7 Å². The number of aromatic amines is 1. The molecule has 5 nitrogen and oxygen atoms in total. The maximum absolute atomic E-state index is 11.4. The summed E-state index contributed by atoms with van der Waals surface area (Å²) < 4.78 is 4.60. The van der Waals surface area contributed by atoms with E-state index >= 15 is 0 Å². The minimum absolute atomic E-state index is 0.290. The second kappa shape index (κ2) is 3.53. The predicted molar refractivity (Wildman–Crippen MR) is 52.8 cm³/mol. The number of ether oxygens (including phenoxy) is 1. The van der Waals surface area contributed by atoms with Crippen LogP contribution in [0, 0.1) is 0 Å². The third-order valence-corrected chi connectivity index (χ3v) is 2.15. The van der Waals surface area contributed by atoms with Crippen LogP contribution in [0.25, 0.3) is 10.9 Å². The SMILES string of the molecule is COC(=O)c1cncc2[nH]cc(C=O)c12. The number of methoxy groups -OCH3 is 1. The van der Waals surface area contributed by atoms with E-state index in [4.69, 9.17) is 0 Å². The van der Waals surface area contributed by atoms with Gasteiger partial charge in [0.25, 0.3) is 0 Å². The van der Waals surface area contributed by atoms with Gasteiger partial charge in [0.2, 0.25) is 0 Å². The molecule has 76 valence electrons. The first-order chi connectivity index (χ1) is 7.27. The summed E-state index contributed by atoms with van der Waals surface area (Å²) in [5, 5.41) is 0.548. The van der Waals surface area contributed by atoms with Crippen LogP contribution in [-0.4, -0.2) is 29.3 Å². The zero-order valence-corrected chi connectivity index (χ0v) is 7.98. The lowest BCUT2D eigenvalue weighted by molar-refractivity contribution is 0.0602. The summed E-state index contributed by atoms with van der Waals surface area (Å²) in [6, 6.07) is 0. The maximum Gasteiger partial charge on any atom is 0.340 e. The Morgan fingerprint density at radius 1 is 1.53 bits per heavy atom. The molecule has 2 rings (SSSR count). The Balaban J connectivity index is 2.77. The molecule has 0 aliphatic heterocycles. The van der Waals surface area contributed by atoms with Crippen LogP contribution < -0.4 is 0 Å². The molecule has 2 aromatic heterocycles. The fourth-order valence-electron chi connectivity index (χ4n) is 1.47. The Hall–Kier alpha value is -2.17. The number of hydrogen-bond acceptors (Lipinski definition) is 4. The lowest BCUT2D eigenvalue weighted by Crippen LogP contribution is -2.03. The van der Waals surface area contributed by atoms with Gasteiger partial charge >= 0.3 is 5.97 Å². The van der Waals surface area contributed by atoms with Crippen molar-refractivity contribution in [2.45, 2.75) is 0 Å². The minimum atomic E-state index is -0.504. The molecule has 0 spiro atoms. The second-order valence-corrected chi connectivity index (χ2v) is 2.96. The van der Waals surface area contributed by atoms with E-state index in [0.29, 0.717) is 28.3 Å². The molecular weight excluding hydrogens is 196 g/mol. The van der Waals surface area contributed by atoms with Gasteiger partial charge in [0.05, 0.1) is 24.4 Å². The van der Waals surface area contributed by atoms with E-state index in [2.05, 4.69) is 14.7 Å². The predicted octanol–water partition coefficient (Wildman–Crippen LogP) is 1.16. The number of carbonyl (C=O) groups excluding carboxylic acids is 2. The summed E-state index contributed by atoms with van der Waals surface area (Å²) in [6.45, 7) is 0. The Kier molecular flexibility index (Phi) is 2.21. The molecule has 15 heavy (non-hydrogen) atoms. The Bertz CT molecular complexity index is 530. The molecule has 0 radical (unpaired) electrons. The van der Waals surface area contributed by atoms with E-state index in [0.717, 1.165) is 0 Å². The van der Waals surface area contributed by atoms with Crippen LogP contribution in [-0.2, 0) is 4.74 Å². The van der Waals surface area contributed by atoms with Crippen LogP contribution in [0.3, 0.4) is 0 Å². The number of aldehydes is 1. The van der Waals surface area contributed by atoms with Crippen molar-refractivity contribution >= 4 is 23.2 Å². The average Bonchev–Trinajstić information content (AvgIpc) is 2.70. The summed E-state index contributed by atoms with van der Waals surface area (Å²) in [7, 11) is 1.29. The summed E-state index contributed by atoms with van der Waals surface area (Å²) in [6.07, 6.45) is 5.15. The van der Waals surface area contributed by atoms with Crippen molar-refractivity contribution < 1.29 is 14.3 Å². The van der Waals surface area contributed by atoms with Gasteiger partial charge in [-0.2, -0.15) is 0 Å². The minimum Gasteiger partial charge on any atom is -0.465 e. The van der Waals surface area contributed by atoms with Gasteiger partial charge in [-0.1, -0.05) is 0 Å². The topological polar surface area (TPSA) is 72.0 Å². The normalized spacial score (nSPS) is 10.2. The molecule has 2 aromatic rings. The van der Waals surface area contributed by atoms with Crippen molar-refractivity contribution in [1.29, 1.82) is 0 Å². The van der Waals surface area contributed by atoms with Crippen molar-refractivity contribution in [2.24, 2.45) is 0 Å². The molecule has 0 fully saturated rings. The van der Waals surface area contributed by atoms with Gasteiger partial charge < -0.3 is 9.72 Å². The van der Waals surface area contributed by atoms with E-state index in [-0.39, 0.29) is 0 Å². The molecule has 2 heterocycles. The van der Waals surface area contributed by atoms with Gasteiger partial charge in [0.15, 0.2) is 6.29 Å². The number of pyridine rings is 1. The molecule has 0 saturated heterocycles. The van der Waals surface area contributed by atoms with E-state index in [1.165, 1.54) is 19.5 Å². The van der Waals surface area contributed by atoms with Crippen molar-refractivity contribution in [1.82, 2.24) is 9.97 Å². The molecule has 0 saturated carbocycles. The third kappa shape index (κ3) is 1.38. The Labute approximate surface area is 85.1 Å². The Morgan fingerprint density at radius 3 is 3.00 bits per heavy atom. The zero-order chi connectivity index (χ0) is 10.8. The van der Waals surface area contributed by atoms with Crippen molar-refractivity contribution in [2.75, 3.05) is 7.11 Å². The van der Waals surface area contributed by atoms with Crippen molar-refractivity contribution in [3.05, 3.63) is 29.7 Å². The molecule has 0 bridgehead atoms. The van der Waals surface area contributed by atoms with Gasteiger partial charge in [-0.25, -0.2) is 4.79 Å². The van der Waals surface area contributed by atoms with Gasteiger partial charge in [-0.15, -0.1) is 0 Å². The fraction of sp³-hybridized carbons (Fsp3) is 0.100. The second-order valence-electron chi connectivity index (χ2n) is 2.96. The smallest absolute Gasteiger partial charge is 0.340 e. The number of nitrogens with zero attached hydrogens (tertiary/aromatic N) is 1. The number of fused-ring (bicyclic) bond motifs is 1. The lowest BCUT2D eigenvalue weighted by Gasteiger charge is -2.00. The number of carbonyl (C=O) groups is 2. The van der Waals surface area contributed by atoms with E-state index in [1.54, 1.807) is 6.20 Å². The van der Waals surface area contributed by atoms with Crippen molar-refractivity contribution in [3.63, 3.8) is 0 Å². The van der Waals surface area contributed by atoms with Crippen LogP contribution in [0.2, 0.25) is 0 Å². The monoisotopic (exact) mass is 204 g/mol. The Morgan fingerprint density at radius 2 is 2.33 bits per heavy atom. The molecule has 0 aliphatic rings. The third-order valence-electron chi connectivity index (χ3n) is 2.15. The molecule has 0 aromatic carbocycles. The average molecular weight is 204 g/mol. The molecule has 0 aliphatic carbocycles. The molecular formula is C10H8N2O3. The van der Waals surface area contributed by atoms with E-state index in [9.17, 15) is 9.59 Å². The highest BCUT2D eigenvalue weighted by Crippen LogP contribution is 2.20. The fourth-order valence-corrected chi connectivity index (χ4v) is 1.47. The van der Waals surface area contributed by atoms with Crippen LogP contribution in [0.5, 0.6) is 0 Å². The van der Waals surface area contributed by atoms with E-state index < -0.39 is 5.97 Å². The highest BCUT2D eigenvalue weighted by Gasteiger charge is 2.14. The van der Waals surface area contributed by atoms with Crippen LogP contribution in [0.15, 0.2) is 18.6 Å². The van der Waals surface area contributed by atoms with Gasteiger partial charge in [-0.3, -0.25) is 9.78 Å². The highest BCUT2D eigenvalue weighted by molar-refractivity contribution is 6.09. The molecule has 0 amide bonds. The summed E-state index contributed by atoms with van der Waals surface area (Å²) in [5.41, 5.74) is 1.35. The number of rotatable bonds is 2. The first-order valence-electron chi connectivity index (χ1n) is 4.26. The zero-order valence-electron chi connectivity index (χ0n) is 7.98. The quantitative estimate of drug-likeness (QED) is 0.588. The molecule has 1 N–H and O–H groups in total. The number of H-pyrrole nitrogens is 1. The van der Waals surface area contributed by atoms with Gasteiger partial charge in [0, 0.05) is 23.3 Å². The summed E-state index contributed by atoms with van der Waals surface area (Å²) in [4.78, 5) is 28.9. The summed E-state index contributed by atoms with van der Waals surface area (Å²) in [5.74, 6) is -0.504. The maximum atomic E-state index is 11.4. The largest absolute Gasteiger partial charge is 0.465 e. The molecule has 0 atom stereocenters. The number of hydrogen-bond donors (Lipinski definition) is 1.